The molecule has 0 saturated carbocycles. The maximum absolute atomic E-state index is 12.9. The molecule has 0 aliphatic heterocycles. The van der Waals surface area contributed by atoms with Crippen molar-refractivity contribution in [1.82, 2.24) is 5.32 Å². The van der Waals surface area contributed by atoms with E-state index in [4.69, 9.17) is 25.5 Å². The average Bonchev–Trinajstić information content (AvgIpc) is 3.16. The molecule has 2 unspecified atom stereocenters. The summed E-state index contributed by atoms with van der Waals surface area (Å²) in [5.41, 5.74) is 0.872. The number of carbonyl (C=O) groups is 2. The molecule has 2 atom stereocenters. The highest BCUT2D eigenvalue weighted by atomic mass is 35.5. The van der Waals surface area contributed by atoms with E-state index >= 15 is 0 Å². The van der Waals surface area contributed by atoms with Crippen molar-refractivity contribution in [3.05, 3.63) is 38.7 Å². The minimum absolute atomic E-state index is 0.0690. The first kappa shape index (κ1) is 23.1. The van der Waals surface area contributed by atoms with Crippen molar-refractivity contribution < 1.29 is 23.5 Å². The molecule has 0 bridgehead atoms. The highest BCUT2D eigenvalue weighted by Gasteiger charge is 2.31. The number of amides is 1. The van der Waals surface area contributed by atoms with Crippen LogP contribution >= 0.6 is 11.6 Å². The highest BCUT2D eigenvalue weighted by Crippen LogP contribution is 2.35. The average molecular weight is 450 g/mol. The third-order valence-corrected chi connectivity index (χ3v) is 5.67. The van der Waals surface area contributed by atoms with Gasteiger partial charge in [0.25, 0.3) is 0 Å². The van der Waals surface area contributed by atoms with Gasteiger partial charge in [0.2, 0.25) is 0 Å². The van der Waals surface area contributed by atoms with Gasteiger partial charge in [-0.1, -0.05) is 31.9 Å². The number of hydrogen-bond donors (Lipinski definition) is 1. The maximum Gasteiger partial charge on any atom is 0.408 e. The first-order valence-electron chi connectivity index (χ1n) is 10.5. The van der Waals surface area contributed by atoms with E-state index in [1.54, 1.807) is 26.8 Å². The third-order valence-electron chi connectivity index (χ3n) is 5.38. The van der Waals surface area contributed by atoms with Gasteiger partial charge >= 0.3 is 17.7 Å². The maximum atomic E-state index is 12.9. The van der Waals surface area contributed by atoms with Crippen LogP contribution in [0.25, 0.3) is 11.0 Å². The third kappa shape index (κ3) is 5.21. The van der Waals surface area contributed by atoms with Gasteiger partial charge in [0, 0.05) is 17.0 Å². The molecule has 168 valence electrons. The molecular formula is C23H28ClNO6. The van der Waals surface area contributed by atoms with Crippen LogP contribution in [-0.4, -0.2) is 23.7 Å². The van der Waals surface area contributed by atoms with Gasteiger partial charge < -0.3 is 19.2 Å². The number of esters is 1. The van der Waals surface area contributed by atoms with Gasteiger partial charge in [-0.15, -0.1) is 0 Å². The summed E-state index contributed by atoms with van der Waals surface area (Å²) >= 11 is 6.39. The molecule has 1 aromatic heterocycles. The van der Waals surface area contributed by atoms with Crippen LogP contribution in [0, 0.1) is 5.92 Å². The highest BCUT2D eigenvalue weighted by molar-refractivity contribution is 6.33. The van der Waals surface area contributed by atoms with Gasteiger partial charge in [-0.3, -0.25) is 0 Å². The Hall–Kier alpha value is -2.54. The fraction of sp³-hybridized carbons (Fsp3) is 0.522. The minimum atomic E-state index is -0.932. The quantitative estimate of drug-likeness (QED) is 0.401. The van der Waals surface area contributed by atoms with Gasteiger partial charge in [0.15, 0.2) is 5.75 Å². The second kappa shape index (κ2) is 8.91. The van der Waals surface area contributed by atoms with Crippen LogP contribution < -0.4 is 15.7 Å². The zero-order chi connectivity index (χ0) is 22.9. The van der Waals surface area contributed by atoms with Crippen LogP contribution in [0.15, 0.2) is 21.3 Å². The van der Waals surface area contributed by atoms with Crippen molar-refractivity contribution in [2.24, 2.45) is 5.92 Å². The Labute approximate surface area is 186 Å². The van der Waals surface area contributed by atoms with E-state index in [0.717, 1.165) is 23.8 Å². The Morgan fingerprint density at radius 3 is 2.55 bits per heavy atom. The Bertz CT molecular complexity index is 1070. The number of nitrogens with one attached hydrogen (secondary N) is 1. The number of hydrogen-bond acceptors (Lipinski definition) is 6. The summed E-state index contributed by atoms with van der Waals surface area (Å²) in [7, 11) is 0. The molecule has 0 radical (unpaired) electrons. The smallest absolute Gasteiger partial charge is 0.408 e. The summed E-state index contributed by atoms with van der Waals surface area (Å²) in [5, 5.41) is 3.57. The van der Waals surface area contributed by atoms with Gasteiger partial charge in [0.05, 0.1) is 5.02 Å². The van der Waals surface area contributed by atoms with Crippen LogP contribution in [0.2, 0.25) is 5.02 Å². The molecule has 0 fully saturated rings. The summed E-state index contributed by atoms with van der Waals surface area (Å²) in [6.07, 6.45) is 2.28. The molecule has 1 amide bonds. The van der Waals surface area contributed by atoms with E-state index < -0.39 is 23.7 Å². The number of carbonyl (C=O) groups excluding carboxylic acids is 2. The van der Waals surface area contributed by atoms with Crippen molar-refractivity contribution in [3.8, 4) is 5.75 Å². The summed E-state index contributed by atoms with van der Waals surface area (Å²) in [5.74, 6) is -0.815. The molecule has 1 N–H and O–H groups in total. The van der Waals surface area contributed by atoms with Crippen LogP contribution in [0.4, 0.5) is 4.79 Å². The minimum Gasteiger partial charge on any atom is -0.444 e. The number of halogens is 1. The molecule has 1 heterocycles. The largest absolute Gasteiger partial charge is 0.444 e. The lowest BCUT2D eigenvalue weighted by Crippen LogP contribution is -2.48. The second-order valence-electron chi connectivity index (χ2n) is 8.91. The first-order valence-corrected chi connectivity index (χ1v) is 10.9. The van der Waals surface area contributed by atoms with E-state index in [1.165, 1.54) is 6.07 Å². The summed E-state index contributed by atoms with van der Waals surface area (Å²) in [6.45, 7) is 8.95. The van der Waals surface area contributed by atoms with E-state index in [2.05, 4.69) is 5.32 Å². The lowest BCUT2D eigenvalue weighted by atomic mass is 9.99. The molecule has 3 rings (SSSR count). The number of alkyl carbamates (subject to hydrolysis) is 1. The molecule has 1 aliphatic carbocycles. The predicted molar refractivity (Wildman–Crippen MR) is 118 cm³/mol. The topological polar surface area (TPSA) is 94.8 Å². The molecule has 0 spiro atoms. The second-order valence-corrected chi connectivity index (χ2v) is 9.32. The van der Waals surface area contributed by atoms with Crippen LogP contribution in [0.5, 0.6) is 5.75 Å². The number of aryl methyl sites for hydroxylation is 1. The molecule has 8 heteroatoms. The van der Waals surface area contributed by atoms with E-state index in [-0.39, 0.29) is 22.3 Å². The normalized spacial score (nSPS) is 15.3. The number of fused-ring (bicyclic) bond motifs is 3. The van der Waals surface area contributed by atoms with Crippen molar-refractivity contribution in [3.63, 3.8) is 0 Å². The summed E-state index contributed by atoms with van der Waals surface area (Å²) < 4.78 is 16.2. The van der Waals surface area contributed by atoms with E-state index in [1.807, 2.05) is 13.8 Å². The molecular weight excluding hydrogens is 422 g/mol. The van der Waals surface area contributed by atoms with Crippen LogP contribution in [0.3, 0.4) is 0 Å². The van der Waals surface area contributed by atoms with Gasteiger partial charge in [-0.05, 0) is 57.6 Å². The molecule has 1 aliphatic rings. The van der Waals surface area contributed by atoms with E-state index in [0.29, 0.717) is 24.0 Å². The van der Waals surface area contributed by atoms with Crippen LogP contribution in [-0.2, 0) is 22.4 Å². The van der Waals surface area contributed by atoms with Crippen molar-refractivity contribution in [1.29, 1.82) is 0 Å². The lowest BCUT2D eigenvalue weighted by molar-refractivity contribution is -0.138. The predicted octanol–water partition coefficient (Wildman–Crippen LogP) is 4.78. The van der Waals surface area contributed by atoms with Gasteiger partial charge in [-0.25, -0.2) is 14.4 Å². The first-order chi connectivity index (χ1) is 14.5. The number of rotatable bonds is 5. The molecule has 2 aromatic rings. The fourth-order valence-electron chi connectivity index (χ4n) is 3.64. The van der Waals surface area contributed by atoms with Crippen molar-refractivity contribution >= 4 is 34.6 Å². The van der Waals surface area contributed by atoms with Crippen LogP contribution in [0.1, 0.15) is 58.6 Å². The number of benzene rings is 1. The summed E-state index contributed by atoms with van der Waals surface area (Å²) in [4.78, 5) is 37.4. The Balaban J connectivity index is 1.87. The Kier molecular flexibility index (Phi) is 6.65. The fourth-order valence-corrected chi connectivity index (χ4v) is 3.84. The molecule has 0 saturated heterocycles. The van der Waals surface area contributed by atoms with Gasteiger partial charge in [0.1, 0.15) is 17.2 Å². The Morgan fingerprint density at radius 2 is 1.90 bits per heavy atom. The standard InChI is InChI=1S/C23H28ClNO6/c1-6-12(2)19(25-22(28)31-23(3,4)5)21(27)30-18-11-17-15(10-16(18)24)13-8-7-9-14(13)20(26)29-17/h10-12,19H,6-9H2,1-5H3,(H,25,28). The SMILES string of the molecule is CCC(C)C(NC(=O)OC(C)(C)C)C(=O)Oc1cc2oc(=O)c3c(c2cc1Cl)CCC3. The Morgan fingerprint density at radius 1 is 1.23 bits per heavy atom. The number of ether oxygens (including phenoxy) is 2. The van der Waals surface area contributed by atoms with E-state index in [9.17, 15) is 14.4 Å². The van der Waals surface area contributed by atoms with Crippen molar-refractivity contribution in [2.45, 2.75) is 71.9 Å². The molecule has 7 nitrogen and oxygen atoms in total. The molecule has 1 aromatic carbocycles. The summed E-state index contributed by atoms with van der Waals surface area (Å²) in [6, 6.07) is 2.18. The van der Waals surface area contributed by atoms with Gasteiger partial charge in [-0.2, -0.15) is 0 Å². The zero-order valence-electron chi connectivity index (χ0n) is 18.5. The zero-order valence-corrected chi connectivity index (χ0v) is 19.2. The monoisotopic (exact) mass is 449 g/mol. The lowest BCUT2D eigenvalue weighted by Gasteiger charge is -2.25. The molecule has 31 heavy (non-hydrogen) atoms. The van der Waals surface area contributed by atoms with Crippen molar-refractivity contribution in [2.75, 3.05) is 0 Å².